The van der Waals surface area contributed by atoms with Crippen molar-refractivity contribution in [3.05, 3.63) is 0 Å². The lowest BCUT2D eigenvalue weighted by molar-refractivity contribution is -0.178. The van der Waals surface area contributed by atoms with Crippen LogP contribution in [0.15, 0.2) is 0 Å². The molecule has 2 N–H and O–H groups in total. The van der Waals surface area contributed by atoms with E-state index in [4.69, 9.17) is 28.4 Å². The van der Waals surface area contributed by atoms with Crippen molar-refractivity contribution >= 4 is 35.8 Å². The molecule has 7 unspecified atom stereocenters. The van der Waals surface area contributed by atoms with Crippen molar-refractivity contribution < 1.29 is 81.6 Å². The Kier molecular flexibility index (Phi) is 18.8. The van der Waals surface area contributed by atoms with Gasteiger partial charge in [0.2, 0.25) is 6.10 Å². The second kappa shape index (κ2) is 21.4. The third-order valence-corrected chi connectivity index (χ3v) is 6.29. The summed E-state index contributed by atoms with van der Waals surface area (Å²) in [6.45, 7) is 3.08. The average molecular weight is 653 g/mol. The van der Waals surface area contributed by atoms with Crippen LogP contribution in [0.4, 0.5) is 0 Å². The number of hydrogen-bond donors (Lipinski definition) is 2. The summed E-state index contributed by atoms with van der Waals surface area (Å²) < 4.78 is 44.8. The van der Waals surface area contributed by atoms with Gasteiger partial charge in [0.25, 0.3) is 0 Å². The molecule has 0 spiro atoms. The maximum Gasteiger partial charge on any atom is 0.348 e. The van der Waals surface area contributed by atoms with E-state index in [-0.39, 0.29) is 19.3 Å². The summed E-state index contributed by atoms with van der Waals surface area (Å²) in [5.41, 5.74) is 0. The number of aliphatic hydroxyl groups excluding tert-OH is 2. The Hall–Kier alpha value is -3.38. The third kappa shape index (κ3) is 16.0. The molecule has 7 atom stereocenters. The van der Waals surface area contributed by atoms with Crippen molar-refractivity contribution in [2.24, 2.45) is 17.8 Å². The molecular formula is C28H44O17. The minimum Gasteiger partial charge on any atom is -0.469 e. The molecule has 0 saturated carbocycles. The van der Waals surface area contributed by atoms with Crippen LogP contribution in [0.1, 0.15) is 33.1 Å². The molecule has 1 aliphatic rings. The molecule has 0 bridgehead atoms. The predicted octanol–water partition coefficient (Wildman–Crippen LogP) is -1.28. The van der Waals surface area contributed by atoms with E-state index < -0.39 is 97.9 Å². The van der Waals surface area contributed by atoms with E-state index in [1.54, 1.807) is 0 Å². The van der Waals surface area contributed by atoms with Crippen molar-refractivity contribution in [3.8, 4) is 0 Å². The van der Waals surface area contributed by atoms with Crippen LogP contribution in [0.25, 0.3) is 0 Å². The number of rotatable bonds is 23. The van der Waals surface area contributed by atoms with Crippen LogP contribution >= 0.6 is 0 Å². The normalized spacial score (nSPS) is 17.8. The summed E-state index contributed by atoms with van der Waals surface area (Å²) >= 11 is 0. The molecule has 1 rings (SSSR count). The van der Waals surface area contributed by atoms with Crippen molar-refractivity contribution in [1.29, 1.82) is 0 Å². The fourth-order valence-electron chi connectivity index (χ4n) is 3.70. The van der Waals surface area contributed by atoms with Crippen LogP contribution in [-0.4, -0.2) is 138 Å². The molecule has 258 valence electrons. The van der Waals surface area contributed by atoms with Gasteiger partial charge in [0.15, 0.2) is 0 Å². The molecule has 1 fully saturated rings. The largest absolute Gasteiger partial charge is 0.469 e. The van der Waals surface area contributed by atoms with Crippen molar-refractivity contribution in [1.82, 2.24) is 0 Å². The lowest BCUT2D eigenvalue weighted by Crippen LogP contribution is -2.41. The molecule has 17 heteroatoms. The number of ether oxygens (including phenoxy) is 9. The maximum absolute atomic E-state index is 13.1. The lowest BCUT2D eigenvalue weighted by atomic mass is 9.86. The third-order valence-electron chi connectivity index (χ3n) is 6.29. The van der Waals surface area contributed by atoms with Gasteiger partial charge in [-0.3, -0.25) is 24.0 Å². The molecule has 0 aromatic carbocycles. The Morgan fingerprint density at radius 1 is 0.733 bits per heavy atom. The van der Waals surface area contributed by atoms with Gasteiger partial charge >= 0.3 is 35.8 Å². The summed E-state index contributed by atoms with van der Waals surface area (Å²) in [4.78, 5) is 75.6. The number of aliphatic hydroxyl groups is 2. The molecule has 45 heavy (non-hydrogen) atoms. The van der Waals surface area contributed by atoms with Gasteiger partial charge in [-0.1, -0.05) is 0 Å². The molecule has 1 heterocycles. The number of esters is 6. The van der Waals surface area contributed by atoms with Gasteiger partial charge in [-0.05, 0) is 20.3 Å². The Balaban J connectivity index is 2.97. The van der Waals surface area contributed by atoms with Crippen molar-refractivity contribution in [3.63, 3.8) is 0 Å². The van der Waals surface area contributed by atoms with Gasteiger partial charge in [0, 0.05) is 13.2 Å². The summed E-state index contributed by atoms with van der Waals surface area (Å²) in [6, 6.07) is 0. The van der Waals surface area contributed by atoms with Crippen LogP contribution in [-0.2, 0) is 71.4 Å². The molecule has 0 aliphatic carbocycles. The minimum absolute atomic E-state index is 0.141. The zero-order valence-corrected chi connectivity index (χ0v) is 26.1. The molecule has 0 amide bonds. The monoisotopic (exact) mass is 652 g/mol. The predicted molar refractivity (Wildman–Crippen MR) is 147 cm³/mol. The van der Waals surface area contributed by atoms with Crippen LogP contribution in [0.3, 0.4) is 0 Å². The van der Waals surface area contributed by atoms with Crippen LogP contribution in [0, 0.1) is 17.8 Å². The molecule has 0 aromatic heterocycles. The highest BCUT2D eigenvalue weighted by Crippen LogP contribution is 2.26. The number of methoxy groups -OCH3 is 3. The van der Waals surface area contributed by atoms with E-state index in [1.807, 2.05) is 0 Å². The first-order chi connectivity index (χ1) is 21.3. The Bertz CT molecular complexity index is 963. The zero-order valence-electron chi connectivity index (χ0n) is 26.1. The molecule has 0 aromatic rings. The van der Waals surface area contributed by atoms with Gasteiger partial charge in [0.1, 0.15) is 31.3 Å². The highest BCUT2D eigenvalue weighted by molar-refractivity contribution is 5.90. The lowest BCUT2D eigenvalue weighted by Gasteiger charge is -2.25. The van der Waals surface area contributed by atoms with Crippen molar-refractivity contribution in [2.45, 2.75) is 57.5 Å². The first-order valence-electron chi connectivity index (χ1n) is 14.2. The minimum atomic E-state index is -1.77. The fourth-order valence-corrected chi connectivity index (χ4v) is 3.70. The Morgan fingerprint density at radius 2 is 1.29 bits per heavy atom. The summed E-state index contributed by atoms with van der Waals surface area (Å²) in [6.07, 6.45) is -5.17. The van der Waals surface area contributed by atoms with Crippen LogP contribution in [0.5, 0.6) is 0 Å². The van der Waals surface area contributed by atoms with E-state index in [2.05, 4.69) is 14.2 Å². The van der Waals surface area contributed by atoms with Crippen molar-refractivity contribution in [2.75, 3.05) is 67.6 Å². The summed E-state index contributed by atoms with van der Waals surface area (Å²) in [5, 5.41) is 19.8. The van der Waals surface area contributed by atoms with Gasteiger partial charge < -0.3 is 52.8 Å². The van der Waals surface area contributed by atoms with E-state index in [1.165, 1.54) is 13.8 Å². The fraction of sp³-hybridized carbons (Fsp3) is 0.786. The van der Waals surface area contributed by atoms with Crippen LogP contribution in [0.2, 0.25) is 0 Å². The van der Waals surface area contributed by atoms with Crippen LogP contribution < -0.4 is 0 Å². The SMILES string of the molecule is COC(=O)CC(C(=O)OCC(O)COCCCOCC1CO1)C(CC(=O)OC(C(=O)OC)C(C)C(=O)OC)C(=O)OCC(C)O. The second-order valence-electron chi connectivity index (χ2n) is 10.2. The van der Waals surface area contributed by atoms with E-state index in [9.17, 15) is 39.0 Å². The van der Waals surface area contributed by atoms with E-state index >= 15 is 0 Å². The number of carbonyl (C=O) groups is 6. The van der Waals surface area contributed by atoms with E-state index in [0.29, 0.717) is 26.2 Å². The molecule has 1 saturated heterocycles. The average Bonchev–Trinajstić information content (AvgIpc) is 3.85. The van der Waals surface area contributed by atoms with Gasteiger partial charge in [-0.15, -0.1) is 0 Å². The molecule has 1 aliphatic heterocycles. The Morgan fingerprint density at radius 3 is 1.82 bits per heavy atom. The second-order valence-corrected chi connectivity index (χ2v) is 10.2. The van der Waals surface area contributed by atoms with Gasteiger partial charge in [0.05, 0.1) is 71.9 Å². The number of hydrogen-bond acceptors (Lipinski definition) is 17. The Labute approximate surface area is 260 Å². The first kappa shape index (κ1) is 39.6. The summed E-state index contributed by atoms with van der Waals surface area (Å²) in [7, 11) is 3.07. The maximum atomic E-state index is 13.1. The highest BCUT2D eigenvalue weighted by Gasteiger charge is 2.42. The molecular weight excluding hydrogens is 608 g/mol. The number of carbonyl (C=O) groups excluding carboxylic acids is 6. The van der Waals surface area contributed by atoms with Gasteiger partial charge in [-0.25, -0.2) is 4.79 Å². The van der Waals surface area contributed by atoms with E-state index in [0.717, 1.165) is 21.3 Å². The van der Waals surface area contributed by atoms with Gasteiger partial charge in [-0.2, -0.15) is 0 Å². The molecule has 17 nitrogen and oxygen atoms in total. The zero-order chi connectivity index (χ0) is 33.9. The number of epoxide rings is 1. The smallest absolute Gasteiger partial charge is 0.348 e. The molecule has 0 radical (unpaired) electrons. The summed E-state index contributed by atoms with van der Waals surface area (Å²) in [5.74, 6) is -11.3. The standard InChI is InChI=1S/C28H44O17/c1-16(29)11-43-26(34)21(10-23(32)45-24(28(36)39-5)17(2)25(33)38-4)20(9-22(31)37-3)27(35)44-13-18(30)12-40-7-6-8-41-14-19-15-42-19/h16-21,24,29-30H,6-15H2,1-5H3. The topological polar surface area (TPSA) is 229 Å². The highest BCUT2D eigenvalue weighted by atomic mass is 16.6. The quantitative estimate of drug-likeness (QED) is 0.0566. The first-order valence-corrected chi connectivity index (χ1v) is 14.2.